The van der Waals surface area contributed by atoms with E-state index in [0.29, 0.717) is 5.15 Å². The van der Waals surface area contributed by atoms with E-state index in [1.807, 2.05) is 32.8 Å². The summed E-state index contributed by atoms with van der Waals surface area (Å²) in [6.07, 6.45) is 1.81. The van der Waals surface area contributed by atoms with Gasteiger partial charge in [0.1, 0.15) is 11.0 Å². The fourth-order valence-electron chi connectivity index (χ4n) is 2.66. The minimum absolute atomic E-state index is 0.557. The molecular weight excluding hydrogens is 298 g/mol. The molecule has 0 aliphatic heterocycles. The number of nitrogens with zero attached hydrogens (tertiary/aromatic N) is 5. The number of aryl methyl sites for hydroxylation is 3. The Labute approximate surface area is 134 Å². The predicted octanol–water partition coefficient (Wildman–Crippen LogP) is 3.44. The van der Waals surface area contributed by atoms with Crippen LogP contribution in [-0.2, 0) is 0 Å². The first-order valence-corrected chi connectivity index (χ1v) is 7.43. The average molecular weight is 316 g/mol. The molecule has 0 N–H and O–H groups in total. The van der Waals surface area contributed by atoms with Crippen LogP contribution < -0.4 is 4.90 Å². The molecule has 3 aromatic rings. The van der Waals surface area contributed by atoms with Crippen LogP contribution in [0.4, 0.5) is 5.82 Å². The molecular formula is C16H18ClN5. The fourth-order valence-corrected chi connectivity index (χ4v) is 2.94. The lowest BCUT2D eigenvalue weighted by Gasteiger charge is -2.16. The van der Waals surface area contributed by atoms with Gasteiger partial charge in [0.25, 0.3) is 0 Å². The maximum absolute atomic E-state index is 6.25. The summed E-state index contributed by atoms with van der Waals surface area (Å²) >= 11 is 6.25. The van der Waals surface area contributed by atoms with Gasteiger partial charge in [-0.05, 0) is 38.5 Å². The van der Waals surface area contributed by atoms with E-state index in [0.717, 1.165) is 39.5 Å². The van der Waals surface area contributed by atoms with Crippen molar-refractivity contribution in [1.29, 1.82) is 0 Å². The second kappa shape index (κ2) is 5.25. The summed E-state index contributed by atoms with van der Waals surface area (Å²) in [5, 5.41) is 4.92. The number of aromatic nitrogens is 4. The van der Waals surface area contributed by atoms with Gasteiger partial charge >= 0.3 is 0 Å². The van der Waals surface area contributed by atoms with Gasteiger partial charge in [0.05, 0.1) is 6.20 Å². The Morgan fingerprint density at radius 3 is 2.45 bits per heavy atom. The third-order valence-corrected chi connectivity index (χ3v) is 3.94. The molecule has 0 fully saturated rings. The highest BCUT2D eigenvalue weighted by Crippen LogP contribution is 2.32. The lowest BCUT2D eigenvalue weighted by molar-refractivity contribution is 0.930. The first kappa shape index (κ1) is 14.8. The van der Waals surface area contributed by atoms with E-state index >= 15 is 0 Å². The Morgan fingerprint density at radius 1 is 1.09 bits per heavy atom. The molecule has 114 valence electrons. The molecule has 0 aliphatic carbocycles. The molecule has 0 amide bonds. The number of fused-ring (bicyclic) bond motifs is 1. The topological polar surface area (TPSA) is 46.3 Å². The maximum atomic E-state index is 6.25. The second-order valence-corrected chi connectivity index (χ2v) is 6.05. The Kier molecular flexibility index (Phi) is 3.53. The van der Waals surface area contributed by atoms with Gasteiger partial charge in [-0.1, -0.05) is 11.6 Å². The van der Waals surface area contributed by atoms with E-state index in [-0.39, 0.29) is 0 Å². The summed E-state index contributed by atoms with van der Waals surface area (Å²) in [5.41, 5.74) is 5.75. The summed E-state index contributed by atoms with van der Waals surface area (Å²) < 4.78 is 1.66. The number of anilines is 1. The van der Waals surface area contributed by atoms with E-state index in [1.54, 1.807) is 16.8 Å². The summed E-state index contributed by atoms with van der Waals surface area (Å²) in [7, 11) is 3.97. The minimum atomic E-state index is 0.557. The zero-order valence-corrected chi connectivity index (χ0v) is 14.1. The Hall–Kier alpha value is -2.14. The molecule has 0 bridgehead atoms. The van der Waals surface area contributed by atoms with Gasteiger partial charge in [-0.2, -0.15) is 5.10 Å². The number of halogens is 1. The van der Waals surface area contributed by atoms with Crippen molar-refractivity contribution in [3.63, 3.8) is 0 Å². The van der Waals surface area contributed by atoms with Gasteiger partial charge in [-0.3, -0.25) is 0 Å². The predicted molar refractivity (Wildman–Crippen MR) is 89.8 cm³/mol. The largest absolute Gasteiger partial charge is 0.363 e. The molecule has 0 atom stereocenters. The van der Waals surface area contributed by atoms with Crippen molar-refractivity contribution < 1.29 is 0 Å². The smallest absolute Gasteiger partial charge is 0.164 e. The van der Waals surface area contributed by atoms with Gasteiger partial charge in [0.15, 0.2) is 5.65 Å². The van der Waals surface area contributed by atoms with Crippen LogP contribution in [0.3, 0.4) is 0 Å². The standard InChI is InChI=1S/C16H18ClN5/c1-9-6-14(21(4)5)20-11(3)15(9)12-8-18-22-13(17)7-10(2)19-16(12)22/h6-8H,1-5H3. The van der Waals surface area contributed by atoms with Crippen LogP contribution in [0.1, 0.15) is 17.0 Å². The van der Waals surface area contributed by atoms with Crippen molar-refractivity contribution >= 4 is 23.1 Å². The van der Waals surface area contributed by atoms with E-state index in [2.05, 4.69) is 28.1 Å². The van der Waals surface area contributed by atoms with E-state index in [1.165, 1.54) is 0 Å². The molecule has 3 aromatic heterocycles. The van der Waals surface area contributed by atoms with Gasteiger partial charge in [0.2, 0.25) is 0 Å². The average Bonchev–Trinajstić information content (AvgIpc) is 2.82. The highest BCUT2D eigenvalue weighted by atomic mass is 35.5. The van der Waals surface area contributed by atoms with Crippen molar-refractivity contribution in [1.82, 2.24) is 19.6 Å². The summed E-state index contributed by atoms with van der Waals surface area (Å²) in [5.74, 6) is 0.942. The lowest BCUT2D eigenvalue weighted by Crippen LogP contribution is -2.12. The maximum Gasteiger partial charge on any atom is 0.164 e. The molecule has 3 heterocycles. The van der Waals surface area contributed by atoms with Gasteiger partial charge in [-0.15, -0.1) is 0 Å². The number of hydrogen-bond acceptors (Lipinski definition) is 4. The van der Waals surface area contributed by atoms with Crippen molar-refractivity contribution in [3.8, 4) is 11.1 Å². The van der Waals surface area contributed by atoms with Gasteiger partial charge in [0, 0.05) is 36.6 Å². The van der Waals surface area contributed by atoms with Crippen molar-refractivity contribution in [2.45, 2.75) is 20.8 Å². The van der Waals surface area contributed by atoms with Crippen molar-refractivity contribution in [3.05, 3.63) is 40.4 Å². The number of rotatable bonds is 2. The van der Waals surface area contributed by atoms with Gasteiger partial charge in [-0.25, -0.2) is 14.5 Å². The third-order valence-electron chi connectivity index (χ3n) is 3.67. The Balaban J connectivity index is 2.28. The summed E-state index contributed by atoms with van der Waals surface area (Å²) in [4.78, 5) is 11.3. The monoisotopic (exact) mass is 315 g/mol. The first-order valence-electron chi connectivity index (χ1n) is 7.05. The number of pyridine rings is 1. The van der Waals surface area contributed by atoms with Crippen LogP contribution in [0, 0.1) is 20.8 Å². The zero-order chi connectivity index (χ0) is 16.0. The lowest BCUT2D eigenvalue weighted by atomic mass is 10.0. The van der Waals surface area contributed by atoms with Crippen LogP contribution >= 0.6 is 11.6 Å². The molecule has 0 unspecified atom stereocenters. The van der Waals surface area contributed by atoms with Crippen LogP contribution in [0.2, 0.25) is 5.15 Å². The van der Waals surface area contributed by atoms with Crippen molar-refractivity contribution in [2.75, 3.05) is 19.0 Å². The molecule has 22 heavy (non-hydrogen) atoms. The summed E-state index contributed by atoms with van der Waals surface area (Å²) in [6.45, 7) is 6.02. The second-order valence-electron chi connectivity index (χ2n) is 5.67. The molecule has 3 rings (SSSR count). The zero-order valence-electron chi connectivity index (χ0n) is 13.3. The molecule has 0 aliphatic rings. The quantitative estimate of drug-likeness (QED) is 0.680. The van der Waals surface area contributed by atoms with E-state index < -0.39 is 0 Å². The Bertz CT molecular complexity index is 843. The molecule has 5 nitrogen and oxygen atoms in total. The Morgan fingerprint density at radius 2 is 1.82 bits per heavy atom. The molecule has 0 saturated heterocycles. The molecule has 0 spiro atoms. The number of hydrogen-bond donors (Lipinski definition) is 0. The van der Waals surface area contributed by atoms with E-state index in [9.17, 15) is 0 Å². The summed E-state index contributed by atoms with van der Waals surface area (Å²) in [6, 6.07) is 3.88. The SMILES string of the molecule is Cc1cc(Cl)n2ncc(-c3c(C)cc(N(C)C)nc3C)c2n1. The molecule has 0 aromatic carbocycles. The molecule has 0 radical (unpaired) electrons. The first-order chi connectivity index (χ1) is 10.4. The van der Waals surface area contributed by atoms with Crippen LogP contribution in [-0.4, -0.2) is 33.7 Å². The molecule has 6 heteroatoms. The van der Waals surface area contributed by atoms with E-state index in [4.69, 9.17) is 11.6 Å². The minimum Gasteiger partial charge on any atom is -0.363 e. The normalized spacial score (nSPS) is 11.2. The highest BCUT2D eigenvalue weighted by molar-refractivity contribution is 6.29. The fraction of sp³-hybridized carbons (Fsp3) is 0.312. The third kappa shape index (κ3) is 2.31. The van der Waals surface area contributed by atoms with Gasteiger partial charge < -0.3 is 4.90 Å². The highest BCUT2D eigenvalue weighted by Gasteiger charge is 2.16. The van der Waals surface area contributed by atoms with Crippen LogP contribution in [0.5, 0.6) is 0 Å². The van der Waals surface area contributed by atoms with Crippen molar-refractivity contribution in [2.24, 2.45) is 0 Å². The van der Waals surface area contributed by atoms with Crippen LogP contribution in [0.25, 0.3) is 16.8 Å². The molecule has 0 saturated carbocycles. The van der Waals surface area contributed by atoms with Crippen LogP contribution in [0.15, 0.2) is 18.3 Å².